The number of carbonyl (C=O) groups is 1. The first-order chi connectivity index (χ1) is 17.4. The van der Waals surface area contributed by atoms with Crippen LogP contribution in [0.15, 0.2) is 47.8 Å². The summed E-state index contributed by atoms with van der Waals surface area (Å²) in [6, 6.07) is 10.2. The molecule has 4 aromatic rings. The Balaban J connectivity index is 1.46. The number of anilines is 1. The van der Waals surface area contributed by atoms with Crippen molar-refractivity contribution in [3.05, 3.63) is 48.3 Å². The van der Waals surface area contributed by atoms with E-state index >= 15 is 0 Å². The second-order valence-electron chi connectivity index (χ2n) is 7.69. The number of nitrogens with zero attached hydrogens (tertiary/aromatic N) is 2. The van der Waals surface area contributed by atoms with Gasteiger partial charge in [0, 0.05) is 31.3 Å². The number of amides is 1. The van der Waals surface area contributed by atoms with Gasteiger partial charge < -0.3 is 34.0 Å². The van der Waals surface area contributed by atoms with Crippen LogP contribution in [0.5, 0.6) is 34.5 Å². The number of benzene rings is 2. The van der Waals surface area contributed by atoms with Crippen LogP contribution in [-0.4, -0.2) is 46.1 Å². The SMILES string of the molecule is COc1ccnc(CS(=O)c2nc3cc(Oc4ccc5c(c4)OCO5)c(NC(C)=O)cc3[nH]2)c1OC. The molecule has 1 atom stereocenters. The van der Waals surface area contributed by atoms with E-state index in [1.54, 1.807) is 42.6 Å². The third-order valence-electron chi connectivity index (χ3n) is 5.29. The largest absolute Gasteiger partial charge is 0.493 e. The lowest BCUT2D eigenvalue weighted by Crippen LogP contribution is -2.07. The van der Waals surface area contributed by atoms with Crippen LogP contribution in [0.3, 0.4) is 0 Å². The van der Waals surface area contributed by atoms with E-state index < -0.39 is 10.8 Å². The summed E-state index contributed by atoms with van der Waals surface area (Å²) in [5, 5.41) is 3.00. The molecular weight excluding hydrogens is 488 g/mol. The molecule has 2 aromatic carbocycles. The number of nitrogens with one attached hydrogen (secondary N) is 2. The number of aromatic amines is 1. The van der Waals surface area contributed by atoms with E-state index in [1.807, 2.05) is 0 Å². The van der Waals surface area contributed by atoms with E-state index in [-0.39, 0.29) is 23.6 Å². The number of hydrogen-bond acceptors (Lipinski definition) is 9. The maximum atomic E-state index is 13.2. The molecule has 1 amide bonds. The molecule has 11 nitrogen and oxygen atoms in total. The van der Waals surface area contributed by atoms with Crippen LogP contribution in [0.4, 0.5) is 5.69 Å². The quantitative estimate of drug-likeness (QED) is 0.363. The number of rotatable bonds is 8. The number of carbonyl (C=O) groups excluding carboxylic acids is 1. The summed E-state index contributed by atoms with van der Waals surface area (Å²) in [7, 11) is 1.45. The lowest BCUT2D eigenvalue weighted by molar-refractivity contribution is -0.114. The van der Waals surface area contributed by atoms with Crippen molar-refractivity contribution in [2.75, 3.05) is 26.3 Å². The topological polar surface area (TPSA) is 134 Å². The Morgan fingerprint density at radius 1 is 1.11 bits per heavy atom. The highest BCUT2D eigenvalue weighted by atomic mass is 32.2. The van der Waals surface area contributed by atoms with E-state index in [4.69, 9.17) is 23.7 Å². The molecule has 0 spiro atoms. The molecule has 3 heterocycles. The number of fused-ring (bicyclic) bond motifs is 2. The van der Waals surface area contributed by atoms with Crippen molar-refractivity contribution in [1.29, 1.82) is 0 Å². The molecule has 0 saturated carbocycles. The summed E-state index contributed by atoms with van der Waals surface area (Å²) in [4.78, 5) is 23.7. The van der Waals surface area contributed by atoms with Crippen LogP contribution in [-0.2, 0) is 21.3 Å². The maximum Gasteiger partial charge on any atom is 0.231 e. The Morgan fingerprint density at radius 2 is 1.94 bits per heavy atom. The molecule has 0 bridgehead atoms. The molecule has 2 aromatic heterocycles. The standard InChI is InChI=1S/C24H22N4O7S/c1-13(29)26-17-9-15-16(10-21(17)35-14-4-5-19-22(8-14)34-12-33-19)28-24(27-15)36(30)11-18-23(32-3)20(31-2)6-7-25-18/h4-10H,11-12H2,1-3H3,(H,26,29)(H,27,28). The molecule has 0 radical (unpaired) electrons. The van der Waals surface area contributed by atoms with Crippen molar-refractivity contribution in [3.8, 4) is 34.5 Å². The molecule has 0 aliphatic carbocycles. The summed E-state index contributed by atoms with van der Waals surface area (Å²) in [5.74, 6) is 2.72. The van der Waals surface area contributed by atoms with Crippen molar-refractivity contribution >= 4 is 33.4 Å². The van der Waals surface area contributed by atoms with Crippen LogP contribution >= 0.6 is 0 Å². The monoisotopic (exact) mass is 510 g/mol. The maximum absolute atomic E-state index is 13.2. The number of ether oxygens (including phenoxy) is 5. The molecule has 1 aliphatic heterocycles. The molecule has 1 unspecified atom stereocenters. The van der Waals surface area contributed by atoms with E-state index in [9.17, 15) is 9.00 Å². The van der Waals surface area contributed by atoms with Crippen molar-refractivity contribution in [2.45, 2.75) is 17.8 Å². The van der Waals surface area contributed by atoms with Crippen LogP contribution < -0.4 is 29.0 Å². The Labute approximate surface area is 208 Å². The van der Waals surface area contributed by atoms with Crippen LogP contribution in [0.1, 0.15) is 12.6 Å². The predicted molar refractivity (Wildman–Crippen MR) is 130 cm³/mol. The fourth-order valence-electron chi connectivity index (χ4n) is 3.71. The first kappa shape index (κ1) is 23.4. The number of H-pyrrole nitrogens is 1. The normalized spacial score (nSPS) is 12.9. The smallest absolute Gasteiger partial charge is 0.231 e. The minimum atomic E-state index is -1.57. The average Bonchev–Trinajstić information content (AvgIpc) is 3.50. The highest BCUT2D eigenvalue weighted by molar-refractivity contribution is 7.84. The molecule has 12 heteroatoms. The van der Waals surface area contributed by atoms with Gasteiger partial charge in [0.1, 0.15) is 5.75 Å². The number of imidazole rings is 1. The lowest BCUT2D eigenvalue weighted by Gasteiger charge is -2.12. The summed E-state index contributed by atoms with van der Waals surface area (Å²) in [5.41, 5.74) is 1.98. The zero-order valence-electron chi connectivity index (χ0n) is 19.6. The van der Waals surface area contributed by atoms with Crippen LogP contribution in [0.25, 0.3) is 11.0 Å². The highest BCUT2D eigenvalue weighted by Gasteiger charge is 2.20. The highest BCUT2D eigenvalue weighted by Crippen LogP contribution is 2.39. The van der Waals surface area contributed by atoms with E-state index in [1.165, 1.54) is 21.1 Å². The zero-order valence-corrected chi connectivity index (χ0v) is 20.4. The van der Waals surface area contributed by atoms with Gasteiger partial charge >= 0.3 is 0 Å². The molecular formula is C24H22N4O7S. The van der Waals surface area contributed by atoms with Crippen molar-refractivity contribution in [2.24, 2.45) is 0 Å². The molecule has 5 rings (SSSR count). The summed E-state index contributed by atoms with van der Waals surface area (Å²) >= 11 is 0. The van der Waals surface area contributed by atoms with Gasteiger partial charge in [-0.25, -0.2) is 4.98 Å². The second-order valence-corrected chi connectivity index (χ2v) is 9.06. The van der Waals surface area contributed by atoms with Gasteiger partial charge in [-0.3, -0.25) is 14.0 Å². The zero-order chi connectivity index (χ0) is 25.2. The molecule has 36 heavy (non-hydrogen) atoms. The van der Waals surface area contributed by atoms with Gasteiger partial charge in [0.2, 0.25) is 12.7 Å². The first-order valence-electron chi connectivity index (χ1n) is 10.8. The Hall–Kier alpha value is -4.32. The predicted octanol–water partition coefficient (Wildman–Crippen LogP) is 3.76. The number of methoxy groups -OCH3 is 2. The van der Waals surface area contributed by atoms with Gasteiger partial charge in [0.15, 0.2) is 33.9 Å². The number of pyridine rings is 1. The fourth-order valence-corrected chi connectivity index (χ4v) is 4.72. The molecule has 186 valence electrons. The third kappa shape index (κ3) is 4.62. The third-order valence-corrected chi connectivity index (χ3v) is 6.45. The van der Waals surface area contributed by atoms with Gasteiger partial charge in [0.25, 0.3) is 0 Å². The molecule has 0 saturated heterocycles. The van der Waals surface area contributed by atoms with E-state index in [0.29, 0.717) is 56.9 Å². The second kappa shape index (κ2) is 9.74. The van der Waals surface area contributed by atoms with E-state index in [2.05, 4.69) is 20.3 Å². The van der Waals surface area contributed by atoms with Crippen molar-refractivity contribution < 1.29 is 32.7 Å². The summed E-state index contributed by atoms with van der Waals surface area (Å²) in [6.07, 6.45) is 1.56. The Morgan fingerprint density at radius 3 is 2.72 bits per heavy atom. The average molecular weight is 511 g/mol. The fraction of sp³-hybridized carbons (Fsp3) is 0.208. The molecule has 2 N–H and O–H groups in total. The van der Waals surface area contributed by atoms with Crippen LogP contribution in [0, 0.1) is 0 Å². The van der Waals surface area contributed by atoms with E-state index in [0.717, 1.165) is 0 Å². The number of aromatic nitrogens is 3. The van der Waals surface area contributed by atoms with Crippen molar-refractivity contribution in [1.82, 2.24) is 15.0 Å². The Bertz CT molecular complexity index is 1490. The van der Waals surface area contributed by atoms with Gasteiger partial charge in [-0.15, -0.1) is 0 Å². The summed E-state index contributed by atoms with van der Waals surface area (Å²) in [6.45, 7) is 1.54. The van der Waals surface area contributed by atoms with Gasteiger partial charge in [-0.2, -0.15) is 0 Å². The Kier molecular flexibility index (Phi) is 6.34. The van der Waals surface area contributed by atoms with Gasteiger partial charge in [-0.1, -0.05) is 0 Å². The number of hydrogen-bond donors (Lipinski definition) is 2. The van der Waals surface area contributed by atoms with Crippen LogP contribution in [0.2, 0.25) is 0 Å². The summed E-state index contributed by atoms with van der Waals surface area (Å²) < 4.78 is 40.6. The van der Waals surface area contributed by atoms with Gasteiger partial charge in [0.05, 0.1) is 53.2 Å². The first-order valence-corrected chi connectivity index (χ1v) is 12.1. The van der Waals surface area contributed by atoms with Crippen molar-refractivity contribution in [3.63, 3.8) is 0 Å². The molecule has 0 fully saturated rings. The van der Waals surface area contributed by atoms with Gasteiger partial charge in [-0.05, 0) is 18.2 Å². The minimum Gasteiger partial charge on any atom is -0.493 e. The minimum absolute atomic E-state index is 0.0549. The molecule has 1 aliphatic rings. The lowest BCUT2D eigenvalue weighted by atomic mass is 10.2.